The molecule has 0 aliphatic heterocycles. The molecule has 2 aromatic rings. The second kappa shape index (κ2) is 8.09. The number of ether oxygens (including phenoxy) is 2. The molecule has 2 aromatic carbocycles. The second-order valence-corrected chi connectivity index (χ2v) is 4.94. The first kappa shape index (κ1) is 18.2. The predicted molar refractivity (Wildman–Crippen MR) is 87.8 cm³/mol. The molecule has 2 amide bonds. The van der Waals surface area contributed by atoms with Gasteiger partial charge in [-0.25, -0.2) is 8.78 Å². The summed E-state index contributed by atoms with van der Waals surface area (Å²) < 4.78 is 37.1. The summed E-state index contributed by atoms with van der Waals surface area (Å²) in [7, 11) is 2.92. The van der Waals surface area contributed by atoms with Gasteiger partial charge in [-0.3, -0.25) is 9.59 Å². The zero-order valence-corrected chi connectivity index (χ0v) is 13.6. The zero-order valence-electron chi connectivity index (χ0n) is 13.6. The van der Waals surface area contributed by atoms with Crippen LogP contribution in [0.4, 0.5) is 20.2 Å². The van der Waals surface area contributed by atoms with E-state index in [1.165, 1.54) is 26.4 Å². The van der Waals surface area contributed by atoms with Gasteiger partial charge < -0.3 is 20.1 Å². The summed E-state index contributed by atoms with van der Waals surface area (Å²) in [4.78, 5) is 23.7. The Morgan fingerprint density at radius 1 is 0.920 bits per heavy atom. The fourth-order valence-corrected chi connectivity index (χ4v) is 2.07. The van der Waals surface area contributed by atoms with Crippen LogP contribution in [0.1, 0.15) is 6.42 Å². The smallest absolute Gasteiger partial charge is 0.233 e. The second-order valence-electron chi connectivity index (χ2n) is 4.94. The maximum atomic E-state index is 13.5. The standard InChI is InChI=1S/C17H16F2N2O4/c1-24-13-7-6-10(8-14(13)25-2)20-15(22)9-16(23)21-17-11(18)4-3-5-12(17)19/h3-8H,9H2,1-2H3,(H,20,22)(H,21,23). The van der Waals surface area contributed by atoms with E-state index in [9.17, 15) is 18.4 Å². The van der Waals surface area contributed by atoms with Gasteiger partial charge in [0, 0.05) is 11.8 Å². The lowest BCUT2D eigenvalue weighted by Crippen LogP contribution is -2.22. The van der Waals surface area contributed by atoms with Gasteiger partial charge in [0.05, 0.1) is 14.2 Å². The number of para-hydroxylation sites is 1. The first-order valence-corrected chi connectivity index (χ1v) is 7.20. The van der Waals surface area contributed by atoms with Crippen molar-refractivity contribution in [3.05, 3.63) is 48.0 Å². The third-order valence-corrected chi connectivity index (χ3v) is 3.22. The minimum absolute atomic E-state index is 0.382. The SMILES string of the molecule is COc1ccc(NC(=O)CC(=O)Nc2c(F)cccc2F)cc1OC. The van der Waals surface area contributed by atoms with Crippen molar-refractivity contribution < 1.29 is 27.8 Å². The van der Waals surface area contributed by atoms with E-state index in [0.29, 0.717) is 17.2 Å². The summed E-state index contributed by atoms with van der Waals surface area (Å²) in [6.07, 6.45) is -0.609. The van der Waals surface area contributed by atoms with Crippen LogP contribution in [0.3, 0.4) is 0 Å². The molecule has 0 fully saturated rings. The molecule has 6 nitrogen and oxygen atoms in total. The maximum absolute atomic E-state index is 13.5. The number of carbonyl (C=O) groups excluding carboxylic acids is 2. The van der Waals surface area contributed by atoms with Crippen molar-refractivity contribution in [3.8, 4) is 11.5 Å². The van der Waals surface area contributed by atoms with Gasteiger partial charge in [0.2, 0.25) is 11.8 Å². The molecule has 0 aromatic heterocycles. The van der Waals surface area contributed by atoms with Crippen molar-refractivity contribution in [1.82, 2.24) is 0 Å². The lowest BCUT2D eigenvalue weighted by Gasteiger charge is -2.11. The molecule has 0 heterocycles. The Hall–Kier alpha value is -3.16. The quantitative estimate of drug-likeness (QED) is 0.786. The highest BCUT2D eigenvalue weighted by molar-refractivity contribution is 6.08. The molecule has 0 saturated heterocycles. The van der Waals surface area contributed by atoms with Crippen LogP contribution in [0.2, 0.25) is 0 Å². The van der Waals surface area contributed by atoms with Gasteiger partial charge >= 0.3 is 0 Å². The minimum atomic E-state index is -0.923. The van der Waals surface area contributed by atoms with E-state index >= 15 is 0 Å². The molecule has 8 heteroatoms. The third-order valence-electron chi connectivity index (χ3n) is 3.22. The van der Waals surface area contributed by atoms with Crippen molar-refractivity contribution >= 4 is 23.2 Å². The number of nitrogens with one attached hydrogen (secondary N) is 2. The van der Waals surface area contributed by atoms with Crippen LogP contribution < -0.4 is 20.1 Å². The largest absolute Gasteiger partial charge is 0.493 e. The highest BCUT2D eigenvalue weighted by Crippen LogP contribution is 2.29. The third kappa shape index (κ3) is 4.66. The number of methoxy groups -OCH3 is 2. The molecule has 0 aliphatic rings. The molecule has 0 radical (unpaired) electrons. The van der Waals surface area contributed by atoms with Crippen molar-refractivity contribution in [2.24, 2.45) is 0 Å². The van der Waals surface area contributed by atoms with E-state index in [4.69, 9.17) is 9.47 Å². The van der Waals surface area contributed by atoms with Gasteiger partial charge in [0.1, 0.15) is 23.7 Å². The van der Waals surface area contributed by atoms with E-state index in [2.05, 4.69) is 5.32 Å². The molecule has 0 atom stereocenters. The van der Waals surface area contributed by atoms with Crippen LogP contribution in [0.15, 0.2) is 36.4 Å². The summed E-state index contributed by atoms with van der Waals surface area (Å²) >= 11 is 0. The average molecular weight is 350 g/mol. The number of amides is 2. The van der Waals surface area contributed by atoms with Gasteiger partial charge in [-0.2, -0.15) is 0 Å². The Labute approximate surface area is 142 Å². The van der Waals surface area contributed by atoms with Crippen LogP contribution in [-0.4, -0.2) is 26.0 Å². The Morgan fingerprint density at radius 3 is 2.12 bits per heavy atom. The van der Waals surface area contributed by atoms with Gasteiger partial charge in [0.15, 0.2) is 11.5 Å². The van der Waals surface area contributed by atoms with Crippen LogP contribution >= 0.6 is 0 Å². The maximum Gasteiger partial charge on any atom is 0.233 e. The van der Waals surface area contributed by atoms with Crippen molar-refractivity contribution in [2.75, 3.05) is 24.9 Å². The summed E-state index contributed by atoms with van der Waals surface area (Å²) in [6, 6.07) is 7.84. The predicted octanol–water partition coefficient (Wildman–Crippen LogP) is 2.95. The van der Waals surface area contributed by atoms with E-state index in [1.807, 2.05) is 5.32 Å². The number of halogens is 2. The first-order valence-electron chi connectivity index (χ1n) is 7.20. The molecule has 2 rings (SSSR count). The Morgan fingerprint density at radius 2 is 1.52 bits per heavy atom. The van der Waals surface area contributed by atoms with Gasteiger partial charge in [-0.15, -0.1) is 0 Å². The van der Waals surface area contributed by atoms with E-state index in [-0.39, 0.29) is 0 Å². The van der Waals surface area contributed by atoms with Gasteiger partial charge in [-0.1, -0.05) is 6.07 Å². The van der Waals surface area contributed by atoms with Crippen LogP contribution in [-0.2, 0) is 9.59 Å². The van der Waals surface area contributed by atoms with Gasteiger partial charge in [-0.05, 0) is 24.3 Å². The first-order chi connectivity index (χ1) is 11.9. The van der Waals surface area contributed by atoms with Crippen molar-refractivity contribution in [2.45, 2.75) is 6.42 Å². The van der Waals surface area contributed by atoms with Gasteiger partial charge in [0.25, 0.3) is 0 Å². The summed E-state index contributed by atoms with van der Waals surface area (Å²) in [5, 5.41) is 4.53. The number of benzene rings is 2. The summed E-state index contributed by atoms with van der Waals surface area (Å²) in [5.41, 5.74) is -0.209. The molecule has 0 spiro atoms. The minimum Gasteiger partial charge on any atom is -0.493 e. The number of hydrogen-bond acceptors (Lipinski definition) is 4. The van der Waals surface area contributed by atoms with Crippen LogP contribution in [0, 0.1) is 11.6 Å². The zero-order chi connectivity index (χ0) is 18.4. The Balaban J connectivity index is 1.99. The molecular formula is C17H16F2N2O4. The normalized spacial score (nSPS) is 10.1. The van der Waals surface area contributed by atoms with Crippen LogP contribution in [0.25, 0.3) is 0 Å². The van der Waals surface area contributed by atoms with E-state index in [0.717, 1.165) is 12.1 Å². The number of carbonyl (C=O) groups is 2. The lowest BCUT2D eigenvalue weighted by molar-refractivity contribution is -0.123. The molecule has 2 N–H and O–H groups in total. The van der Waals surface area contributed by atoms with Crippen molar-refractivity contribution in [1.29, 1.82) is 0 Å². The van der Waals surface area contributed by atoms with E-state index < -0.39 is 35.6 Å². The number of rotatable bonds is 6. The molecule has 132 valence electrons. The van der Waals surface area contributed by atoms with E-state index in [1.54, 1.807) is 12.1 Å². The monoisotopic (exact) mass is 350 g/mol. The molecule has 0 unspecified atom stereocenters. The summed E-state index contributed by atoms with van der Waals surface area (Å²) in [6.45, 7) is 0. The van der Waals surface area contributed by atoms with Crippen molar-refractivity contribution in [3.63, 3.8) is 0 Å². The average Bonchev–Trinajstić information content (AvgIpc) is 2.58. The number of anilines is 2. The number of hydrogen-bond donors (Lipinski definition) is 2. The summed E-state index contributed by atoms with van der Waals surface area (Å²) in [5.74, 6) is -2.46. The topological polar surface area (TPSA) is 76.7 Å². The molecule has 0 bridgehead atoms. The fraction of sp³-hybridized carbons (Fsp3) is 0.176. The molecular weight excluding hydrogens is 334 g/mol. The fourth-order valence-electron chi connectivity index (χ4n) is 2.07. The highest BCUT2D eigenvalue weighted by atomic mass is 19.1. The molecule has 0 aliphatic carbocycles. The molecule has 0 saturated carbocycles. The lowest BCUT2D eigenvalue weighted by atomic mass is 10.2. The molecule has 25 heavy (non-hydrogen) atoms. The highest BCUT2D eigenvalue weighted by Gasteiger charge is 2.15. The van der Waals surface area contributed by atoms with Crippen LogP contribution in [0.5, 0.6) is 11.5 Å². The Bertz CT molecular complexity index is 776. The Kier molecular flexibility index (Phi) is 5.89.